The molecule has 190 valence electrons. The zero-order valence-corrected chi connectivity index (χ0v) is 19.7. The summed E-state index contributed by atoms with van der Waals surface area (Å²) in [5.74, 6) is -0.731. The van der Waals surface area contributed by atoms with Crippen LogP contribution in [-0.2, 0) is 11.8 Å². The maximum atomic E-state index is 12.5. The Kier molecular flexibility index (Phi) is 7.26. The molecule has 0 spiro atoms. The van der Waals surface area contributed by atoms with Gasteiger partial charge in [0.1, 0.15) is 5.75 Å². The van der Waals surface area contributed by atoms with Crippen LogP contribution in [0.3, 0.4) is 0 Å². The van der Waals surface area contributed by atoms with Crippen molar-refractivity contribution in [3.63, 3.8) is 0 Å². The minimum absolute atomic E-state index is 0.0373. The van der Waals surface area contributed by atoms with Gasteiger partial charge in [-0.3, -0.25) is 9.59 Å². The monoisotopic (exact) mass is 522 g/mol. The molecule has 0 aliphatic carbocycles. The van der Waals surface area contributed by atoms with E-state index in [9.17, 15) is 22.8 Å². The van der Waals surface area contributed by atoms with Crippen molar-refractivity contribution in [3.05, 3.63) is 42.0 Å². The summed E-state index contributed by atoms with van der Waals surface area (Å²) in [7, 11) is 1.76. The number of hydrogen-bond acceptors (Lipinski definition) is 8. The third kappa shape index (κ3) is 6.01. The van der Waals surface area contributed by atoms with Gasteiger partial charge in [0.2, 0.25) is 11.9 Å². The lowest BCUT2D eigenvalue weighted by atomic mass is 10.2. The molecule has 0 saturated carbocycles. The number of anilines is 2. The summed E-state index contributed by atoms with van der Waals surface area (Å²) in [6, 6.07) is 8.79. The highest BCUT2D eigenvalue weighted by Gasteiger charge is 2.31. The average Bonchev–Trinajstić information content (AvgIpc) is 3.36. The molecule has 0 unspecified atom stereocenters. The number of thiazole rings is 1. The van der Waals surface area contributed by atoms with Gasteiger partial charge >= 0.3 is 6.36 Å². The maximum absolute atomic E-state index is 12.5. The first-order chi connectivity index (χ1) is 17.1. The number of carbonyl (C=O) groups excluding carboxylic acids is 2. The molecule has 4 rings (SSSR count). The maximum Gasteiger partial charge on any atom is 0.573 e. The zero-order valence-electron chi connectivity index (χ0n) is 18.8. The van der Waals surface area contributed by atoms with Crippen LogP contribution < -0.4 is 20.7 Å². The van der Waals surface area contributed by atoms with Gasteiger partial charge in [-0.2, -0.15) is 0 Å². The molecule has 36 heavy (non-hydrogen) atoms. The van der Waals surface area contributed by atoms with Crippen LogP contribution in [0, 0.1) is 0 Å². The van der Waals surface area contributed by atoms with E-state index in [1.54, 1.807) is 29.8 Å². The van der Waals surface area contributed by atoms with Gasteiger partial charge in [0.15, 0.2) is 5.13 Å². The minimum Gasteiger partial charge on any atom is -0.406 e. The first-order valence-corrected chi connectivity index (χ1v) is 11.5. The number of carbonyl (C=O) groups is 2. The molecule has 10 nitrogen and oxygen atoms in total. The van der Waals surface area contributed by atoms with Gasteiger partial charge in [-0.25, -0.2) is 9.97 Å². The fraction of sp³-hybridized carbons (Fsp3) is 0.273. The molecule has 0 radical (unpaired) electrons. The van der Waals surface area contributed by atoms with Gasteiger partial charge in [-0.15, -0.1) is 13.2 Å². The van der Waals surface area contributed by atoms with Gasteiger partial charge < -0.3 is 30.4 Å². The molecule has 2 aromatic heterocycles. The number of fused-ring (bicyclic) bond motifs is 2. The number of amides is 2. The number of ether oxygens (including phenoxy) is 1. The lowest BCUT2D eigenvalue weighted by Crippen LogP contribution is -2.37. The van der Waals surface area contributed by atoms with Gasteiger partial charge in [0.05, 0.1) is 27.8 Å². The van der Waals surface area contributed by atoms with E-state index in [1.165, 1.54) is 18.2 Å². The third-order valence-electron chi connectivity index (χ3n) is 5.02. The Morgan fingerprint density at radius 2 is 1.92 bits per heavy atom. The Morgan fingerprint density at radius 3 is 2.67 bits per heavy atom. The van der Waals surface area contributed by atoms with Crippen LogP contribution in [0.2, 0.25) is 0 Å². The molecule has 2 heterocycles. The molecule has 4 N–H and O–H groups in total. The predicted molar refractivity (Wildman–Crippen MR) is 127 cm³/mol. The average molecular weight is 523 g/mol. The molecular formula is C22H21F3N6O4S. The third-order valence-corrected chi connectivity index (χ3v) is 5.96. The van der Waals surface area contributed by atoms with E-state index >= 15 is 0 Å². The zero-order chi connectivity index (χ0) is 25.9. The number of benzene rings is 2. The van der Waals surface area contributed by atoms with Gasteiger partial charge in [-0.1, -0.05) is 11.3 Å². The normalized spacial score (nSPS) is 11.6. The van der Waals surface area contributed by atoms with E-state index in [0.29, 0.717) is 45.3 Å². The van der Waals surface area contributed by atoms with E-state index < -0.39 is 12.3 Å². The Morgan fingerprint density at radius 1 is 1.11 bits per heavy atom. The van der Waals surface area contributed by atoms with Crippen molar-refractivity contribution in [2.24, 2.45) is 7.05 Å². The Labute approximate surface area is 206 Å². The van der Waals surface area contributed by atoms with Gasteiger partial charge in [-0.05, 0) is 36.8 Å². The van der Waals surface area contributed by atoms with E-state index in [1.807, 2.05) is 0 Å². The fourth-order valence-electron chi connectivity index (χ4n) is 3.34. The largest absolute Gasteiger partial charge is 0.573 e. The standard InChI is InChI=1S/C22H21F3N6O4S/c1-31-16-6-3-12(19(34)27-11-18(33)26-7-2-8-32)9-15(16)28-20(31)30-21-29-14-5-4-13(10-17(14)36-21)35-22(23,24)25/h3-6,9-10,32H,2,7-8,11H2,1H3,(H,26,33)(H,27,34)(H,28,29,30). The molecule has 0 fully saturated rings. The second-order valence-electron chi connectivity index (χ2n) is 7.63. The Bertz CT molecular complexity index is 1420. The van der Waals surface area contributed by atoms with Crippen LogP contribution in [0.1, 0.15) is 16.8 Å². The van der Waals surface area contributed by atoms with Crippen molar-refractivity contribution in [1.29, 1.82) is 0 Å². The van der Waals surface area contributed by atoms with Gasteiger partial charge in [0, 0.05) is 31.8 Å². The van der Waals surface area contributed by atoms with Crippen LogP contribution in [0.15, 0.2) is 36.4 Å². The number of imidazole rings is 1. The van der Waals surface area contributed by atoms with E-state index in [0.717, 1.165) is 16.9 Å². The molecule has 0 bridgehead atoms. The van der Waals surface area contributed by atoms with Crippen molar-refractivity contribution in [1.82, 2.24) is 25.2 Å². The number of alkyl halides is 3. The molecule has 2 aromatic carbocycles. The van der Waals surface area contributed by atoms with E-state index in [4.69, 9.17) is 5.11 Å². The summed E-state index contributed by atoms with van der Waals surface area (Å²) in [6.45, 7) is 0.0765. The van der Waals surface area contributed by atoms with Crippen molar-refractivity contribution < 1.29 is 32.6 Å². The first-order valence-electron chi connectivity index (χ1n) is 10.7. The number of rotatable bonds is 9. The number of aliphatic hydroxyl groups excluding tert-OH is 1. The summed E-state index contributed by atoms with van der Waals surface area (Å²) in [6.07, 6.45) is -4.36. The number of hydrogen-bond donors (Lipinski definition) is 4. The molecule has 14 heteroatoms. The lowest BCUT2D eigenvalue weighted by Gasteiger charge is -2.07. The summed E-state index contributed by atoms with van der Waals surface area (Å²) >= 11 is 1.14. The smallest absolute Gasteiger partial charge is 0.406 e. The second-order valence-corrected chi connectivity index (χ2v) is 8.66. The molecule has 0 atom stereocenters. The number of aromatic nitrogens is 3. The van der Waals surface area contributed by atoms with E-state index in [-0.39, 0.29) is 24.8 Å². The van der Waals surface area contributed by atoms with Crippen LogP contribution in [-0.4, -0.2) is 57.5 Å². The van der Waals surface area contributed by atoms with E-state index in [2.05, 4.69) is 30.7 Å². The molecule has 0 aliphatic rings. The quantitative estimate of drug-likeness (QED) is 0.249. The summed E-state index contributed by atoms with van der Waals surface area (Å²) < 4.78 is 43.7. The van der Waals surface area contributed by atoms with Crippen molar-refractivity contribution in [3.8, 4) is 5.75 Å². The molecule has 0 aliphatic heterocycles. The second kappa shape index (κ2) is 10.4. The molecule has 2 amide bonds. The van der Waals surface area contributed by atoms with Gasteiger partial charge in [0.25, 0.3) is 5.91 Å². The highest BCUT2D eigenvalue weighted by Crippen LogP contribution is 2.33. The van der Waals surface area contributed by atoms with Crippen molar-refractivity contribution >= 4 is 55.5 Å². The SMILES string of the molecule is Cn1c(Nc2nc3ccc(OC(F)(F)F)cc3s2)nc2cc(C(=O)NCC(=O)NCCCO)ccc21. The van der Waals surface area contributed by atoms with Crippen LogP contribution >= 0.6 is 11.3 Å². The molecule has 4 aromatic rings. The van der Waals surface area contributed by atoms with Crippen molar-refractivity contribution in [2.75, 3.05) is 25.0 Å². The molecular weight excluding hydrogens is 501 g/mol. The highest BCUT2D eigenvalue weighted by molar-refractivity contribution is 7.22. The number of nitrogens with zero attached hydrogens (tertiary/aromatic N) is 3. The minimum atomic E-state index is -4.78. The van der Waals surface area contributed by atoms with Crippen molar-refractivity contribution in [2.45, 2.75) is 12.8 Å². The first kappa shape index (κ1) is 25.2. The summed E-state index contributed by atoms with van der Waals surface area (Å²) in [5.41, 5.74) is 2.04. The lowest BCUT2D eigenvalue weighted by molar-refractivity contribution is -0.274. The number of nitrogens with one attached hydrogen (secondary N) is 3. The van der Waals surface area contributed by atoms with Crippen LogP contribution in [0.25, 0.3) is 21.3 Å². The highest BCUT2D eigenvalue weighted by atomic mass is 32.1. The van der Waals surface area contributed by atoms with Crippen LogP contribution in [0.5, 0.6) is 5.75 Å². The predicted octanol–water partition coefficient (Wildman–Crippen LogP) is 3.05. The number of aryl methyl sites for hydroxylation is 1. The fourth-order valence-corrected chi connectivity index (χ4v) is 4.22. The van der Waals surface area contributed by atoms with Crippen LogP contribution in [0.4, 0.5) is 24.3 Å². The number of aliphatic hydroxyl groups is 1. The summed E-state index contributed by atoms with van der Waals surface area (Å²) in [5, 5.41) is 17.3. The topological polar surface area (TPSA) is 130 Å². The molecule has 0 saturated heterocycles. The summed E-state index contributed by atoms with van der Waals surface area (Å²) in [4.78, 5) is 33.1. The number of halogens is 3. The Balaban J connectivity index is 1.47. The Hall–Kier alpha value is -3.91.